The van der Waals surface area contributed by atoms with Crippen molar-refractivity contribution in [3.05, 3.63) is 82.3 Å². The Hall–Kier alpha value is -3.03. The molecule has 1 saturated heterocycles. The average Bonchev–Trinajstić information content (AvgIpc) is 2.82. The Kier molecular flexibility index (Phi) is 6.97. The van der Waals surface area contributed by atoms with E-state index >= 15 is 0 Å². The third-order valence-electron chi connectivity index (χ3n) is 5.57. The number of carbonyl (C=O) groups excluding carboxylic acids is 1. The Morgan fingerprint density at radius 3 is 2.38 bits per heavy atom. The maximum atomic E-state index is 11.9. The number of nitrogens with zero attached hydrogens (tertiary/aromatic N) is 2. The molecule has 0 aromatic heterocycles. The standard InChI is InChI=1S/C25H25BrN2O4/c1-31-25(30)20-5-2-3-8-24(20)32-19-11-9-18(10-12-19)28-15-13-27(14-16-28)17-21-22(26)6-4-7-23(21)29/h2-12,29H,13-17H2,1H3. The van der Waals surface area contributed by atoms with Gasteiger partial charge in [-0.05, 0) is 48.5 Å². The summed E-state index contributed by atoms with van der Waals surface area (Å²) in [6.45, 7) is 4.33. The Morgan fingerprint density at radius 1 is 0.969 bits per heavy atom. The van der Waals surface area contributed by atoms with Gasteiger partial charge in [-0.25, -0.2) is 4.79 Å². The molecular weight excluding hydrogens is 472 g/mol. The molecule has 0 unspecified atom stereocenters. The normalized spacial score (nSPS) is 14.2. The Labute approximate surface area is 196 Å². The van der Waals surface area contributed by atoms with E-state index in [1.165, 1.54) is 7.11 Å². The van der Waals surface area contributed by atoms with E-state index in [0.29, 0.717) is 29.4 Å². The summed E-state index contributed by atoms with van der Waals surface area (Å²) in [4.78, 5) is 16.6. The number of hydrogen-bond acceptors (Lipinski definition) is 6. The number of methoxy groups -OCH3 is 1. The molecule has 3 aromatic rings. The molecule has 1 fully saturated rings. The molecular formula is C25H25BrN2O4. The molecule has 7 heteroatoms. The van der Waals surface area contributed by atoms with Crippen LogP contribution < -0.4 is 9.64 Å². The van der Waals surface area contributed by atoms with Gasteiger partial charge >= 0.3 is 5.97 Å². The van der Waals surface area contributed by atoms with E-state index < -0.39 is 5.97 Å². The number of halogens is 1. The van der Waals surface area contributed by atoms with Crippen LogP contribution in [0.3, 0.4) is 0 Å². The van der Waals surface area contributed by atoms with Crippen molar-refractivity contribution in [2.75, 3.05) is 38.2 Å². The van der Waals surface area contributed by atoms with Gasteiger partial charge in [0.1, 0.15) is 22.8 Å². The zero-order chi connectivity index (χ0) is 22.5. The minimum absolute atomic E-state index is 0.325. The smallest absolute Gasteiger partial charge is 0.341 e. The van der Waals surface area contributed by atoms with Crippen LogP contribution in [0.25, 0.3) is 0 Å². The number of rotatable bonds is 6. The average molecular weight is 497 g/mol. The Bertz CT molecular complexity index is 1060. The number of para-hydroxylation sites is 1. The number of hydrogen-bond donors (Lipinski definition) is 1. The molecule has 0 spiro atoms. The summed E-state index contributed by atoms with van der Waals surface area (Å²) in [7, 11) is 1.36. The fourth-order valence-corrected chi connectivity index (χ4v) is 4.26. The zero-order valence-electron chi connectivity index (χ0n) is 17.8. The van der Waals surface area contributed by atoms with Gasteiger partial charge in [-0.2, -0.15) is 0 Å². The second kappa shape index (κ2) is 10.1. The summed E-state index contributed by atoms with van der Waals surface area (Å²) < 4.78 is 11.7. The first-order valence-corrected chi connectivity index (χ1v) is 11.2. The van der Waals surface area contributed by atoms with Crippen molar-refractivity contribution in [1.29, 1.82) is 0 Å². The molecule has 4 rings (SSSR count). The molecule has 0 radical (unpaired) electrons. The monoisotopic (exact) mass is 496 g/mol. The fourth-order valence-electron chi connectivity index (χ4n) is 3.78. The predicted octanol–water partition coefficient (Wildman–Crippen LogP) is 5.06. The van der Waals surface area contributed by atoms with Crippen LogP contribution >= 0.6 is 15.9 Å². The number of phenolic OH excluding ortho intramolecular Hbond substituents is 1. The Balaban J connectivity index is 1.36. The summed E-state index contributed by atoms with van der Waals surface area (Å²) in [5, 5.41) is 10.1. The van der Waals surface area contributed by atoms with E-state index in [9.17, 15) is 9.90 Å². The van der Waals surface area contributed by atoms with Gasteiger partial charge in [-0.1, -0.05) is 34.1 Å². The second-order valence-corrected chi connectivity index (χ2v) is 8.44. The summed E-state index contributed by atoms with van der Waals surface area (Å²) in [5.74, 6) is 1.03. The first-order valence-electron chi connectivity index (χ1n) is 10.4. The van der Waals surface area contributed by atoms with Crippen molar-refractivity contribution in [3.63, 3.8) is 0 Å². The highest BCUT2D eigenvalue weighted by Crippen LogP contribution is 2.30. The number of anilines is 1. The first kappa shape index (κ1) is 22.2. The van der Waals surface area contributed by atoms with Crippen molar-refractivity contribution in [2.45, 2.75) is 6.54 Å². The number of benzene rings is 3. The van der Waals surface area contributed by atoms with Crippen molar-refractivity contribution >= 4 is 27.6 Å². The van der Waals surface area contributed by atoms with Crippen LogP contribution in [-0.2, 0) is 11.3 Å². The molecule has 1 heterocycles. The predicted molar refractivity (Wildman–Crippen MR) is 128 cm³/mol. The van der Waals surface area contributed by atoms with Gasteiger partial charge in [0.05, 0.1) is 7.11 Å². The van der Waals surface area contributed by atoms with Crippen molar-refractivity contribution in [3.8, 4) is 17.2 Å². The molecule has 3 aromatic carbocycles. The van der Waals surface area contributed by atoms with E-state index in [4.69, 9.17) is 9.47 Å². The van der Waals surface area contributed by atoms with E-state index in [1.54, 1.807) is 24.3 Å². The molecule has 0 saturated carbocycles. The van der Waals surface area contributed by atoms with Gasteiger partial charge in [0.25, 0.3) is 0 Å². The van der Waals surface area contributed by atoms with Gasteiger partial charge in [0.15, 0.2) is 0 Å². The lowest BCUT2D eigenvalue weighted by molar-refractivity contribution is 0.0598. The maximum Gasteiger partial charge on any atom is 0.341 e. The molecule has 0 bridgehead atoms. The molecule has 166 valence electrons. The lowest BCUT2D eigenvalue weighted by atomic mass is 10.1. The highest BCUT2D eigenvalue weighted by Gasteiger charge is 2.19. The highest BCUT2D eigenvalue weighted by atomic mass is 79.9. The second-order valence-electron chi connectivity index (χ2n) is 7.58. The number of carbonyl (C=O) groups is 1. The summed E-state index contributed by atoms with van der Waals surface area (Å²) in [6.07, 6.45) is 0. The van der Waals surface area contributed by atoms with Crippen molar-refractivity contribution in [2.24, 2.45) is 0 Å². The number of phenols is 1. The molecule has 32 heavy (non-hydrogen) atoms. The molecule has 6 nitrogen and oxygen atoms in total. The van der Waals surface area contributed by atoms with E-state index in [2.05, 4.69) is 25.7 Å². The van der Waals surface area contributed by atoms with Gasteiger partial charge < -0.3 is 19.5 Å². The lowest BCUT2D eigenvalue weighted by Crippen LogP contribution is -2.46. The van der Waals surface area contributed by atoms with Crippen molar-refractivity contribution < 1.29 is 19.4 Å². The van der Waals surface area contributed by atoms with Gasteiger partial charge in [-0.3, -0.25) is 4.90 Å². The van der Waals surface area contributed by atoms with Crippen molar-refractivity contribution in [1.82, 2.24) is 4.90 Å². The van der Waals surface area contributed by atoms with E-state index in [0.717, 1.165) is 41.9 Å². The van der Waals surface area contributed by atoms with Crippen LogP contribution in [-0.4, -0.2) is 49.3 Å². The lowest BCUT2D eigenvalue weighted by Gasteiger charge is -2.36. The van der Waals surface area contributed by atoms with Gasteiger partial charge in [0.2, 0.25) is 0 Å². The third kappa shape index (κ3) is 5.06. The molecule has 1 N–H and O–H groups in total. The van der Waals surface area contributed by atoms with E-state index in [-0.39, 0.29) is 0 Å². The van der Waals surface area contributed by atoms with Crippen LogP contribution in [0.4, 0.5) is 5.69 Å². The highest BCUT2D eigenvalue weighted by molar-refractivity contribution is 9.10. The fraction of sp³-hybridized carbons (Fsp3) is 0.240. The topological polar surface area (TPSA) is 62.2 Å². The number of ether oxygens (including phenoxy) is 2. The van der Waals surface area contributed by atoms with Gasteiger partial charge in [0, 0.05) is 48.4 Å². The molecule has 0 atom stereocenters. The Morgan fingerprint density at radius 2 is 1.69 bits per heavy atom. The van der Waals surface area contributed by atoms with Crippen LogP contribution in [0.15, 0.2) is 71.2 Å². The van der Waals surface area contributed by atoms with Crippen LogP contribution in [0.5, 0.6) is 17.2 Å². The zero-order valence-corrected chi connectivity index (χ0v) is 19.4. The number of piperazine rings is 1. The molecule has 0 amide bonds. The number of esters is 1. The third-order valence-corrected chi connectivity index (χ3v) is 6.31. The SMILES string of the molecule is COC(=O)c1ccccc1Oc1ccc(N2CCN(Cc3c(O)cccc3Br)CC2)cc1. The first-order chi connectivity index (χ1) is 15.5. The van der Waals surface area contributed by atoms with Crippen LogP contribution in [0.2, 0.25) is 0 Å². The quantitative estimate of drug-likeness (QED) is 0.481. The van der Waals surface area contributed by atoms with E-state index in [1.807, 2.05) is 42.5 Å². The number of aromatic hydroxyl groups is 1. The maximum absolute atomic E-state index is 11.9. The molecule has 1 aliphatic rings. The molecule has 1 aliphatic heterocycles. The molecule has 0 aliphatic carbocycles. The van der Waals surface area contributed by atoms with Crippen LogP contribution in [0.1, 0.15) is 15.9 Å². The largest absolute Gasteiger partial charge is 0.508 e. The minimum Gasteiger partial charge on any atom is -0.508 e. The minimum atomic E-state index is -0.425. The summed E-state index contributed by atoms with van der Waals surface area (Å²) in [5.41, 5.74) is 2.45. The summed E-state index contributed by atoms with van der Waals surface area (Å²) in [6, 6.07) is 20.4. The summed E-state index contributed by atoms with van der Waals surface area (Å²) >= 11 is 3.53. The van der Waals surface area contributed by atoms with Gasteiger partial charge in [-0.15, -0.1) is 0 Å². The van der Waals surface area contributed by atoms with Crippen LogP contribution in [0, 0.1) is 0 Å².